The number of Topliss-reactive ketones (excluding diaryl/α,β-unsaturated/α-hetero) is 1. The lowest BCUT2D eigenvalue weighted by molar-refractivity contribution is -0.314. The van der Waals surface area contributed by atoms with Crippen molar-refractivity contribution < 1.29 is 28.9 Å². The van der Waals surface area contributed by atoms with Crippen LogP contribution in [0.1, 0.15) is 32.6 Å². The molecule has 3 rings (SSSR count). The zero-order chi connectivity index (χ0) is 15.1. The van der Waals surface area contributed by atoms with E-state index in [1.54, 1.807) is 0 Å². The van der Waals surface area contributed by atoms with Crippen molar-refractivity contribution in [3.8, 4) is 0 Å². The van der Waals surface area contributed by atoms with Gasteiger partial charge in [-0.3, -0.25) is 9.59 Å². The number of carbonyl (C=O) groups is 2. The van der Waals surface area contributed by atoms with Gasteiger partial charge in [-0.1, -0.05) is 24.3 Å². The summed E-state index contributed by atoms with van der Waals surface area (Å²) in [6.45, 7) is 1.19. The molecule has 2 heterocycles. The van der Waals surface area contributed by atoms with Gasteiger partial charge in [-0.25, -0.2) is 0 Å². The summed E-state index contributed by atoms with van der Waals surface area (Å²) in [6.07, 6.45) is 7.40. The molecule has 3 aliphatic rings. The van der Waals surface area contributed by atoms with Gasteiger partial charge >= 0.3 is 5.97 Å². The molecule has 21 heavy (non-hydrogen) atoms. The van der Waals surface area contributed by atoms with Gasteiger partial charge in [0.1, 0.15) is 11.7 Å². The molecule has 2 saturated heterocycles. The quantitative estimate of drug-likeness (QED) is 0.573. The molecule has 1 aliphatic carbocycles. The van der Waals surface area contributed by atoms with Crippen LogP contribution >= 0.6 is 0 Å². The third-order valence-corrected chi connectivity index (χ3v) is 4.00. The van der Waals surface area contributed by atoms with Crippen LogP contribution in [-0.2, 0) is 23.8 Å². The summed E-state index contributed by atoms with van der Waals surface area (Å²) in [6, 6.07) is 0. The maximum absolute atomic E-state index is 11.8. The maximum Gasteiger partial charge on any atom is 0.305 e. The van der Waals surface area contributed by atoms with E-state index in [1.807, 2.05) is 24.3 Å². The minimum atomic E-state index is -1.40. The molecule has 2 aliphatic heterocycles. The number of hydrogen-bond donors (Lipinski definition) is 1. The second-order valence-electron chi connectivity index (χ2n) is 5.69. The van der Waals surface area contributed by atoms with E-state index in [-0.39, 0.29) is 6.42 Å². The number of allylic oxidation sites excluding steroid dienone is 2. The molecule has 6 nitrogen and oxygen atoms in total. The molecule has 0 aromatic carbocycles. The number of aliphatic hydroxyl groups is 1. The van der Waals surface area contributed by atoms with Gasteiger partial charge in [-0.15, -0.1) is 0 Å². The number of esters is 1. The molecule has 0 amide bonds. The molecule has 0 unspecified atom stereocenters. The van der Waals surface area contributed by atoms with Gasteiger partial charge in [0.2, 0.25) is 5.78 Å². The summed E-state index contributed by atoms with van der Waals surface area (Å²) < 4.78 is 16.5. The summed E-state index contributed by atoms with van der Waals surface area (Å²) in [5.41, 5.74) is -0.556. The minimum absolute atomic E-state index is 0.0486. The van der Waals surface area contributed by atoms with Crippen LogP contribution in [0.5, 0.6) is 0 Å². The Morgan fingerprint density at radius 1 is 1.38 bits per heavy atom. The summed E-state index contributed by atoms with van der Waals surface area (Å²) in [7, 11) is 0. The second kappa shape index (κ2) is 5.05. The van der Waals surface area contributed by atoms with E-state index < -0.39 is 35.5 Å². The number of aliphatic hydroxyl groups excluding tert-OH is 1. The molecule has 0 aromatic rings. The maximum atomic E-state index is 11.8. The van der Waals surface area contributed by atoms with E-state index in [4.69, 9.17) is 14.2 Å². The standard InChI is InChI=1S/C15H18O6/c1-10(16)19-13-12(18)11(17)9-15(20-13)8-7-14(21-15)5-3-2-4-6-14/h3-6,11,13,17H,2,7-9H2,1H3/t11-,13-,15-/m0/s1. The number of rotatable bonds is 1. The van der Waals surface area contributed by atoms with E-state index in [0.717, 1.165) is 6.42 Å². The lowest BCUT2D eigenvalue weighted by atomic mass is 9.93. The molecule has 0 aromatic heterocycles. The third-order valence-electron chi connectivity index (χ3n) is 4.00. The van der Waals surface area contributed by atoms with Gasteiger partial charge in [-0.2, -0.15) is 0 Å². The van der Waals surface area contributed by atoms with Gasteiger partial charge in [0, 0.05) is 19.8 Å². The van der Waals surface area contributed by atoms with Crippen LogP contribution in [0.2, 0.25) is 0 Å². The first-order valence-electron chi connectivity index (χ1n) is 7.06. The van der Waals surface area contributed by atoms with Gasteiger partial charge in [0.25, 0.3) is 6.29 Å². The molecule has 0 radical (unpaired) electrons. The van der Waals surface area contributed by atoms with Crippen LogP contribution in [0.15, 0.2) is 24.3 Å². The average Bonchev–Trinajstić information content (AvgIpc) is 2.74. The van der Waals surface area contributed by atoms with Crippen molar-refractivity contribution >= 4 is 11.8 Å². The van der Waals surface area contributed by atoms with Crippen LogP contribution in [0.4, 0.5) is 0 Å². The summed E-state index contributed by atoms with van der Waals surface area (Å²) in [4.78, 5) is 22.9. The van der Waals surface area contributed by atoms with E-state index >= 15 is 0 Å². The van der Waals surface area contributed by atoms with Crippen molar-refractivity contribution in [1.29, 1.82) is 0 Å². The van der Waals surface area contributed by atoms with Crippen molar-refractivity contribution in [3.05, 3.63) is 24.3 Å². The lowest BCUT2D eigenvalue weighted by Crippen LogP contribution is -2.54. The molecule has 1 N–H and O–H groups in total. The average molecular weight is 294 g/mol. The van der Waals surface area contributed by atoms with Crippen molar-refractivity contribution in [2.24, 2.45) is 0 Å². The highest BCUT2D eigenvalue weighted by atomic mass is 16.8. The highest BCUT2D eigenvalue weighted by Crippen LogP contribution is 2.46. The molecule has 0 bridgehead atoms. The Bertz CT molecular complexity index is 510. The topological polar surface area (TPSA) is 82.1 Å². The zero-order valence-electron chi connectivity index (χ0n) is 11.8. The minimum Gasteiger partial charge on any atom is -0.428 e. The fraction of sp³-hybridized carbons (Fsp3) is 0.600. The summed E-state index contributed by atoms with van der Waals surface area (Å²) in [5, 5.41) is 9.94. The Kier molecular flexibility index (Phi) is 3.47. The van der Waals surface area contributed by atoms with Crippen molar-refractivity contribution in [2.75, 3.05) is 0 Å². The van der Waals surface area contributed by atoms with Gasteiger partial charge in [0.15, 0.2) is 5.79 Å². The van der Waals surface area contributed by atoms with E-state index in [1.165, 1.54) is 6.92 Å². The lowest BCUT2D eigenvalue weighted by Gasteiger charge is -2.40. The number of ether oxygens (including phenoxy) is 3. The van der Waals surface area contributed by atoms with Crippen molar-refractivity contribution in [1.82, 2.24) is 0 Å². The molecule has 114 valence electrons. The highest BCUT2D eigenvalue weighted by molar-refractivity contribution is 5.88. The van der Waals surface area contributed by atoms with Crippen LogP contribution in [0.25, 0.3) is 0 Å². The molecule has 2 spiro atoms. The number of carbonyl (C=O) groups excluding carboxylic acids is 2. The van der Waals surface area contributed by atoms with E-state index in [0.29, 0.717) is 12.8 Å². The predicted molar refractivity (Wildman–Crippen MR) is 70.9 cm³/mol. The highest BCUT2D eigenvalue weighted by Gasteiger charge is 2.55. The van der Waals surface area contributed by atoms with E-state index in [2.05, 4.69) is 0 Å². The van der Waals surface area contributed by atoms with Gasteiger partial charge in [-0.05, 0) is 12.8 Å². The Morgan fingerprint density at radius 3 is 2.76 bits per heavy atom. The zero-order valence-corrected chi connectivity index (χ0v) is 11.8. The van der Waals surface area contributed by atoms with Crippen molar-refractivity contribution in [3.63, 3.8) is 0 Å². The SMILES string of the molecule is CC(=O)O[C@H]1O[C@]2(CCC3(C=CCC=C3)O2)C[C@H](O)C1=O. The Morgan fingerprint density at radius 2 is 2.10 bits per heavy atom. The smallest absolute Gasteiger partial charge is 0.305 e. The van der Waals surface area contributed by atoms with Crippen LogP contribution in [0, 0.1) is 0 Å². The summed E-state index contributed by atoms with van der Waals surface area (Å²) in [5.74, 6) is -2.38. The molecular formula is C15H18O6. The fourth-order valence-electron chi connectivity index (χ4n) is 3.05. The number of ketones is 1. The Balaban J connectivity index is 1.80. The van der Waals surface area contributed by atoms with Crippen LogP contribution in [-0.4, -0.2) is 40.6 Å². The van der Waals surface area contributed by atoms with Gasteiger partial charge < -0.3 is 19.3 Å². The van der Waals surface area contributed by atoms with Crippen molar-refractivity contribution in [2.45, 2.75) is 56.4 Å². The van der Waals surface area contributed by atoms with E-state index in [9.17, 15) is 14.7 Å². The number of hydrogen-bond acceptors (Lipinski definition) is 6. The first-order chi connectivity index (χ1) is 9.94. The first kappa shape index (κ1) is 14.4. The normalized spacial score (nSPS) is 37.3. The fourth-order valence-corrected chi connectivity index (χ4v) is 3.05. The van der Waals surface area contributed by atoms with Gasteiger partial charge in [0.05, 0.1) is 0 Å². The predicted octanol–water partition coefficient (Wildman–Crippen LogP) is 0.987. The molecular weight excluding hydrogens is 276 g/mol. The second-order valence-corrected chi connectivity index (χ2v) is 5.69. The first-order valence-corrected chi connectivity index (χ1v) is 7.06. The molecule has 2 fully saturated rings. The summed E-state index contributed by atoms with van der Waals surface area (Å²) >= 11 is 0. The Labute approximate surface area is 122 Å². The third kappa shape index (κ3) is 2.66. The Hall–Kier alpha value is -1.50. The molecule has 3 atom stereocenters. The monoisotopic (exact) mass is 294 g/mol. The largest absolute Gasteiger partial charge is 0.428 e. The molecule has 0 saturated carbocycles. The molecule has 6 heteroatoms. The van der Waals surface area contributed by atoms with Crippen LogP contribution < -0.4 is 0 Å². The van der Waals surface area contributed by atoms with Crippen LogP contribution in [0.3, 0.4) is 0 Å².